The number of amides is 1. The lowest BCUT2D eigenvalue weighted by molar-refractivity contribution is -0.331. The van der Waals surface area contributed by atoms with Crippen molar-refractivity contribution in [3.05, 3.63) is 29.8 Å². The van der Waals surface area contributed by atoms with E-state index in [-0.39, 0.29) is 0 Å². The molecule has 4 unspecified atom stereocenters. The van der Waals surface area contributed by atoms with E-state index in [4.69, 9.17) is 18.9 Å². The summed E-state index contributed by atoms with van der Waals surface area (Å²) in [5, 5.41) is 53.4. The van der Waals surface area contributed by atoms with E-state index in [1.54, 1.807) is 0 Å². The van der Waals surface area contributed by atoms with E-state index in [9.17, 15) is 39.9 Å². The van der Waals surface area contributed by atoms with Crippen molar-refractivity contribution in [1.82, 2.24) is 0 Å². The molecule has 0 radical (unpaired) electrons. The summed E-state index contributed by atoms with van der Waals surface area (Å²) in [5.74, 6) is -2.30. The molecule has 6 N–H and O–H groups in total. The number of anilines is 1. The van der Waals surface area contributed by atoms with Crippen LogP contribution in [-0.4, -0.2) is 112 Å². The quantitative estimate of drug-likeness (QED) is 0.230. The Morgan fingerprint density at radius 3 is 2.12 bits per heavy atom. The SMILES string of the molecule is CO[C@H]1C(O)C(O)[C@H](O[C@H]2C(O)C(O)[C@H](C)O[C@H]2C(=O)O)O[C@@H]1C(=O)Nc1ccc(C=O)cc1. The first-order valence-electron chi connectivity index (χ1n) is 10.4. The third kappa shape index (κ3) is 5.26. The average Bonchev–Trinajstić information content (AvgIpc) is 2.82. The molecule has 1 amide bonds. The summed E-state index contributed by atoms with van der Waals surface area (Å²) in [5.41, 5.74) is 0.678. The number of rotatable bonds is 7. The lowest BCUT2D eigenvalue weighted by atomic mass is 9.94. The highest BCUT2D eigenvalue weighted by molar-refractivity contribution is 5.95. The van der Waals surface area contributed by atoms with Crippen LogP contribution in [0.2, 0.25) is 0 Å². The first-order valence-corrected chi connectivity index (χ1v) is 10.4. The number of benzene rings is 1. The zero-order valence-corrected chi connectivity index (χ0v) is 18.3. The smallest absolute Gasteiger partial charge is 0.335 e. The fraction of sp³-hybridized carbons (Fsp3) is 0.571. The molecule has 13 heteroatoms. The van der Waals surface area contributed by atoms with Crippen LogP contribution in [0.25, 0.3) is 0 Å². The van der Waals surface area contributed by atoms with Gasteiger partial charge in [-0.3, -0.25) is 9.59 Å². The van der Waals surface area contributed by atoms with Gasteiger partial charge in [-0.25, -0.2) is 4.79 Å². The maximum atomic E-state index is 12.9. The number of carbonyl (C=O) groups excluding carboxylic acids is 2. The Morgan fingerprint density at radius 1 is 0.941 bits per heavy atom. The molecule has 0 aliphatic carbocycles. The second-order valence-electron chi connectivity index (χ2n) is 8.02. The lowest BCUT2D eigenvalue weighted by Gasteiger charge is -2.45. The molecule has 0 spiro atoms. The third-order valence-electron chi connectivity index (χ3n) is 5.75. The predicted molar refractivity (Wildman–Crippen MR) is 111 cm³/mol. The first-order chi connectivity index (χ1) is 16.1. The molecule has 1 aromatic carbocycles. The lowest BCUT2D eigenvalue weighted by Crippen LogP contribution is -2.65. The second kappa shape index (κ2) is 10.8. The minimum Gasteiger partial charge on any atom is -0.479 e. The molecule has 0 aromatic heterocycles. The van der Waals surface area contributed by atoms with Gasteiger partial charge in [-0.15, -0.1) is 0 Å². The highest BCUT2D eigenvalue weighted by Gasteiger charge is 2.53. The van der Waals surface area contributed by atoms with Crippen LogP contribution in [0, 0.1) is 0 Å². The maximum Gasteiger partial charge on any atom is 0.335 e. The Kier molecular flexibility index (Phi) is 8.33. The van der Waals surface area contributed by atoms with Gasteiger partial charge in [0.15, 0.2) is 18.5 Å². The van der Waals surface area contributed by atoms with Gasteiger partial charge in [0.1, 0.15) is 42.9 Å². The van der Waals surface area contributed by atoms with Gasteiger partial charge in [-0.1, -0.05) is 0 Å². The third-order valence-corrected chi connectivity index (χ3v) is 5.75. The van der Waals surface area contributed by atoms with Gasteiger partial charge in [0, 0.05) is 18.4 Å². The van der Waals surface area contributed by atoms with Gasteiger partial charge in [0.25, 0.3) is 5.91 Å². The Bertz CT molecular complexity index is 879. The Morgan fingerprint density at radius 2 is 1.56 bits per heavy atom. The number of methoxy groups -OCH3 is 1. The van der Waals surface area contributed by atoms with Crippen molar-refractivity contribution in [2.45, 2.75) is 68.1 Å². The van der Waals surface area contributed by atoms with Crippen LogP contribution in [0.3, 0.4) is 0 Å². The topological polar surface area (TPSA) is 201 Å². The molecule has 2 fully saturated rings. The molecule has 34 heavy (non-hydrogen) atoms. The van der Waals surface area contributed by atoms with Crippen molar-refractivity contribution in [2.24, 2.45) is 0 Å². The van der Waals surface area contributed by atoms with Crippen LogP contribution in [-0.2, 0) is 28.5 Å². The van der Waals surface area contributed by atoms with Crippen LogP contribution in [0.15, 0.2) is 24.3 Å². The molecule has 2 heterocycles. The summed E-state index contributed by atoms with van der Waals surface area (Å²) in [6.45, 7) is 1.36. The summed E-state index contributed by atoms with van der Waals surface area (Å²) >= 11 is 0. The number of hydrogen-bond acceptors (Lipinski definition) is 11. The molecule has 2 saturated heterocycles. The molecule has 1 aromatic rings. The van der Waals surface area contributed by atoms with Gasteiger partial charge >= 0.3 is 5.97 Å². The van der Waals surface area contributed by atoms with Gasteiger partial charge in [0.05, 0.1) is 6.10 Å². The zero-order valence-electron chi connectivity index (χ0n) is 18.3. The molecule has 13 nitrogen and oxygen atoms in total. The minimum atomic E-state index is -1.81. The summed E-state index contributed by atoms with van der Waals surface area (Å²) < 4.78 is 21.3. The fourth-order valence-electron chi connectivity index (χ4n) is 3.83. The number of aliphatic hydroxyl groups excluding tert-OH is 4. The van der Waals surface area contributed by atoms with Crippen molar-refractivity contribution in [1.29, 1.82) is 0 Å². The van der Waals surface area contributed by atoms with Gasteiger partial charge in [0.2, 0.25) is 0 Å². The van der Waals surface area contributed by atoms with Gasteiger partial charge in [-0.2, -0.15) is 0 Å². The number of nitrogens with one attached hydrogen (secondary N) is 1. The number of aliphatic carboxylic acids is 1. The van der Waals surface area contributed by atoms with Crippen LogP contribution < -0.4 is 5.32 Å². The normalized spacial score (nSPS) is 38.2. The van der Waals surface area contributed by atoms with Crippen molar-refractivity contribution in [3.8, 4) is 0 Å². The summed E-state index contributed by atoms with van der Waals surface area (Å²) in [7, 11) is 1.18. The van der Waals surface area contributed by atoms with E-state index in [0.29, 0.717) is 17.5 Å². The number of ether oxygens (including phenoxy) is 4. The zero-order chi connectivity index (χ0) is 25.2. The largest absolute Gasteiger partial charge is 0.479 e. The van der Waals surface area contributed by atoms with Crippen LogP contribution in [0.4, 0.5) is 5.69 Å². The molecule has 2 aliphatic rings. The highest BCUT2D eigenvalue weighted by Crippen LogP contribution is 2.30. The first kappa shape index (κ1) is 26.1. The van der Waals surface area contributed by atoms with Crippen LogP contribution >= 0.6 is 0 Å². The summed E-state index contributed by atoms with van der Waals surface area (Å²) in [4.78, 5) is 35.3. The van der Waals surface area contributed by atoms with Crippen LogP contribution in [0.1, 0.15) is 17.3 Å². The molecular formula is C21H27NO12. The van der Waals surface area contributed by atoms with Crippen molar-refractivity contribution < 1.29 is 58.9 Å². The van der Waals surface area contributed by atoms with Crippen molar-refractivity contribution in [2.75, 3.05) is 12.4 Å². The van der Waals surface area contributed by atoms with E-state index in [1.165, 1.54) is 38.3 Å². The van der Waals surface area contributed by atoms with Crippen LogP contribution in [0.5, 0.6) is 0 Å². The van der Waals surface area contributed by atoms with E-state index in [2.05, 4.69) is 5.32 Å². The number of aldehydes is 1. The van der Waals surface area contributed by atoms with Crippen molar-refractivity contribution >= 4 is 23.9 Å². The Hall–Kier alpha value is -2.49. The van der Waals surface area contributed by atoms with E-state index >= 15 is 0 Å². The molecule has 2 aliphatic heterocycles. The summed E-state index contributed by atoms with van der Waals surface area (Å²) in [6.07, 6.45) is -15.2. The average molecular weight is 485 g/mol. The molecule has 3 rings (SSSR count). The number of carboxylic acid groups (broad SMARTS) is 1. The van der Waals surface area contributed by atoms with E-state index < -0.39 is 73.1 Å². The number of aliphatic hydroxyl groups is 4. The van der Waals surface area contributed by atoms with Gasteiger partial charge in [-0.05, 0) is 31.2 Å². The molecule has 10 atom stereocenters. The fourth-order valence-corrected chi connectivity index (χ4v) is 3.83. The van der Waals surface area contributed by atoms with E-state index in [1.807, 2.05) is 0 Å². The summed E-state index contributed by atoms with van der Waals surface area (Å²) in [6, 6.07) is 5.85. The number of carbonyl (C=O) groups is 3. The molecule has 0 saturated carbocycles. The minimum absolute atomic E-state index is 0.297. The predicted octanol–water partition coefficient (Wildman–Crippen LogP) is -2.12. The van der Waals surface area contributed by atoms with Crippen molar-refractivity contribution in [3.63, 3.8) is 0 Å². The second-order valence-corrected chi connectivity index (χ2v) is 8.02. The van der Waals surface area contributed by atoms with Gasteiger partial charge < -0.3 is 49.8 Å². The Balaban J connectivity index is 1.80. The number of carboxylic acids is 1. The molecule has 0 bridgehead atoms. The monoisotopic (exact) mass is 485 g/mol. The number of hydrogen-bond donors (Lipinski definition) is 6. The molecular weight excluding hydrogens is 458 g/mol. The highest BCUT2D eigenvalue weighted by atomic mass is 16.7. The van der Waals surface area contributed by atoms with E-state index in [0.717, 1.165) is 0 Å². The maximum absolute atomic E-state index is 12.9. The Labute approximate surface area is 193 Å². The molecule has 188 valence electrons. The standard InChI is InChI=1S/C21H27NO12/c1-8-11(24)12(25)16(18(32-8)20(29)30)33-21-14(27)13(26)15(31-2)17(34-21)19(28)22-10-5-3-9(7-23)4-6-10/h3-8,11-18,21,24-27H,1-2H3,(H,22,28)(H,29,30)/t8-,11?,12?,13?,14?,15-,16-,17-,18+,21+/m0/s1.